The third-order valence-corrected chi connectivity index (χ3v) is 5.42. The molecule has 0 saturated carbocycles. The highest BCUT2D eigenvalue weighted by atomic mass is 16.4. The van der Waals surface area contributed by atoms with Gasteiger partial charge in [-0.05, 0) is 71.1 Å². The summed E-state index contributed by atoms with van der Waals surface area (Å²) in [6.45, 7) is 18.3. The van der Waals surface area contributed by atoms with Crippen molar-refractivity contribution in [3.8, 4) is 5.75 Å². The Morgan fingerprint density at radius 1 is 0.900 bits per heavy atom. The molecule has 0 unspecified atom stereocenters. The van der Waals surface area contributed by atoms with Gasteiger partial charge in [0.25, 0.3) is 0 Å². The van der Waals surface area contributed by atoms with Gasteiger partial charge in [0.2, 0.25) is 0 Å². The first-order valence-electron chi connectivity index (χ1n) is 10.5. The van der Waals surface area contributed by atoms with Gasteiger partial charge in [-0.3, -0.25) is 0 Å². The fourth-order valence-corrected chi connectivity index (χ4v) is 3.85. The van der Waals surface area contributed by atoms with E-state index in [1.807, 2.05) is 19.1 Å². The maximum absolute atomic E-state index is 11.4. The standard InChI is InChI=1S/C27H36O3/c1-16-10-19(15-20-11-17(2)13-23(24(20)28)27(7,8)9)21(14-18(3)25(29)30)22(12-16)26(4,5)6/h10-14,28H,15H2,1-9H3,(H,29,30)/p-1/b18-14+. The Balaban J connectivity index is 2.77. The largest absolute Gasteiger partial charge is 0.545 e. The van der Waals surface area contributed by atoms with Crippen molar-refractivity contribution in [2.75, 3.05) is 0 Å². The summed E-state index contributed by atoms with van der Waals surface area (Å²) < 4.78 is 0. The van der Waals surface area contributed by atoms with Gasteiger partial charge in [-0.25, -0.2) is 0 Å². The minimum atomic E-state index is -1.17. The van der Waals surface area contributed by atoms with E-state index in [9.17, 15) is 15.0 Å². The Kier molecular flexibility index (Phi) is 6.56. The van der Waals surface area contributed by atoms with Crippen molar-refractivity contribution in [1.29, 1.82) is 0 Å². The summed E-state index contributed by atoms with van der Waals surface area (Å²) in [7, 11) is 0. The summed E-state index contributed by atoms with van der Waals surface area (Å²) in [5.41, 5.74) is 6.81. The Morgan fingerprint density at radius 2 is 1.37 bits per heavy atom. The Morgan fingerprint density at radius 3 is 1.83 bits per heavy atom. The van der Waals surface area contributed by atoms with Gasteiger partial charge in [-0.15, -0.1) is 0 Å². The Bertz CT molecular complexity index is 996. The molecular weight excluding hydrogens is 372 g/mol. The van der Waals surface area contributed by atoms with Crippen LogP contribution in [0.15, 0.2) is 29.8 Å². The molecule has 0 spiro atoms. The number of hydrogen-bond donors (Lipinski definition) is 1. The number of carboxylic acids is 1. The molecular formula is C27H35O3-. The monoisotopic (exact) mass is 407 g/mol. The molecule has 0 aliphatic heterocycles. The Hall–Kier alpha value is -2.55. The number of phenolic OH excluding ortho intramolecular Hbond substituents is 1. The van der Waals surface area contributed by atoms with Gasteiger partial charge in [0.05, 0.1) is 5.97 Å². The lowest BCUT2D eigenvalue weighted by atomic mass is 9.79. The molecule has 2 aromatic carbocycles. The lowest BCUT2D eigenvalue weighted by Crippen LogP contribution is -2.23. The van der Waals surface area contributed by atoms with E-state index in [0.29, 0.717) is 12.2 Å². The first-order valence-corrected chi connectivity index (χ1v) is 10.5. The number of aromatic hydroxyl groups is 1. The quantitative estimate of drug-likeness (QED) is 0.695. The third-order valence-electron chi connectivity index (χ3n) is 5.42. The summed E-state index contributed by atoms with van der Waals surface area (Å²) in [5, 5.41) is 22.5. The molecule has 0 saturated heterocycles. The molecule has 0 radical (unpaired) electrons. The fraction of sp³-hybridized carbons (Fsp3) is 0.444. The zero-order valence-corrected chi connectivity index (χ0v) is 19.9. The third kappa shape index (κ3) is 5.33. The van der Waals surface area contributed by atoms with E-state index < -0.39 is 5.97 Å². The summed E-state index contributed by atoms with van der Waals surface area (Å²) >= 11 is 0. The minimum absolute atomic E-state index is 0.163. The molecule has 0 atom stereocenters. The smallest absolute Gasteiger partial charge is 0.122 e. The van der Waals surface area contributed by atoms with Crippen LogP contribution in [0.25, 0.3) is 6.08 Å². The number of carboxylic acid groups (broad SMARTS) is 1. The van der Waals surface area contributed by atoms with E-state index in [0.717, 1.165) is 38.9 Å². The summed E-state index contributed by atoms with van der Waals surface area (Å²) in [5.74, 6) is -0.853. The van der Waals surface area contributed by atoms with Crippen LogP contribution in [-0.4, -0.2) is 11.1 Å². The lowest BCUT2D eigenvalue weighted by Gasteiger charge is -2.26. The SMILES string of the molecule is C/C(=C\c1c(Cc2cc(C)cc(C(C)(C)C)c2O)cc(C)cc1C(C)(C)C)C(=O)[O-]. The van der Waals surface area contributed by atoms with Crippen molar-refractivity contribution in [2.24, 2.45) is 0 Å². The molecule has 1 N–H and O–H groups in total. The summed E-state index contributed by atoms with van der Waals surface area (Å²) in [4.78, 5) is 11.4. The van der Waals surface area contributed by atoms with Gasteiger partial charge in [0.1, 0.15) is 5.75 Å². The number of rotatable bonds is 4. The van der Waals surface area contributed by atoms with Crippen molar-refractivity contribution in [3.05, 3.63) is 68.8 Å². The molecule has 0 bridgehead atoms. The number of carbonyl (C=O) groups is 1. The van der Waals surface area contributed by atoms with Gasteiger partial charge < -0.3 is 15.0 Å². The van der Waals surface area contributed by atoms with Gasteiger partial charge in [-0.1, -0.05) is 76.9 Å². The van der Waals surface area contributed by atoms with E-state index >= 15 is 0 Å². The predicted molar refractivity (Wildman–Crippen MR) is 123 cm³/mol. The zero-order valence-electron chi connectivity index (χ0n) is 19.9. The first-order chi connectivity index (χ1) is 13.6. The molecule has 162 valence electrons. The maximum Gasteiger partial charge on any atom is 0.122 e. The number of carbonyl (C=O) groups excluding carboxylic acids is 1. The van der Waals surface area contributed by atoms with Gasteiger partial charge >= 0.3 is 0 Å². The molecule has 0 aromatic heterocycles. The van der Waals surface area contributed by atoms with E-state index in [2.05, 4.69) is 60.6 Å². The van der Waals surface area contributed by atoms with E-state index in [-0.39, 0.29) is 16.4 Å². The van der Waals surface area contributed by atoms with Crippen LogP contribution in [0.2, 0.25) is 0 Å². The zero-order chi connectivity index (χ0) is 23.0. The van der Waals surface area contributed by atoms with Crippen molar-refractivity contribution >= 4 is 12.0 Å². The molecule has 2 rings (SSSR count). The fourth-order valence-electron chi connectivity index (χ4n) is 3.85. The second-order valence-electron chi connectivity index (χ2n) is 10.5. The van der Waals surface area contributed by atoms with Crippen LogP contribution < -0.4 is 5.11 Å². The number of aryl methyl sites for hydroxylation is 2. The second-order valence-corrected chi connectivity index (χ2v) is 10.5. The highest BCUT2D eigenvalue weighted by Gasteiger charge is 2.23. The van der Waals surface area contributed by atoms with Gasteiger partial charge in [-0.2, -0.15) is 0 Å². The highest BCUT2D eigenvalue weighted by molar-refractivity contribution is 5.90. The van der Waals surface area contributed by atoms with E-state index in [1.165, 1.54) is 0 Å². The van der Waals surface area contributed by atoms with Crippen LogP contribution >= 0.6 is 0 Å². The van der Waals surface area contributed by atoms with Crippen LogP contribution in [0.4, 0.5) is 0 Å². The van der Waals surface area contributed by atoms with E-state index in [1.54, 1.807) is 13.0 Å². The Labute approximate surface area is 181 Å². The predicted octanol–water partition coefficient (Wildman–Crippen LogP) is 5.35. The molecule has 0 fully saturated rings. The molecule has 2 aromatic rings. The molecule has 0 amide bonds. The number of phenols is 1. The molecule has 3 heteroatoms. The van der Waals surface area contributed by atoms with Crippen LogP contribution in [0, 0.1) is 13.8 Å². The van der Waals surface area contributed by atoms with Crippen molar-refractivity contribution in [1.82, 2.24) is 0 Å². The molecule has 3 nitrogen and oxygen atoms in total. The minimum Gasteiger partial charge on any atom is -0.545 e. The second kappa shape index (κ2) is 8.29. The average Bonchev–Trinajstić information content (AvgIpc) is 2.57. The van der Waals surface area contributed by atoms with Crippen molar-refractivity contribution in [2.45, 2.75) is 79.6 Å². The molecule has 0 aliphatic rings. The topological polar surface area (TPSA) is 60.4 Å². The highest BCUT2D eigenvalue weighted by Crippen LogP contribution is 2.37. The lowest BCUT2D eigenvalue weighted by molar-refractivity contribution is -0.299. The number of benzene rings is 2. The molecule has 30 heavy (non-hydrogen) atoms. The summed E-state index contributed by atoms with van der Waals surface area (Å²) in [6, 6.07) is 8.26. The van der Waals surface area contributed by atoms with Crippen LogP contribution in [0.5, 0.6) is 5.75 Å². The van der Waals surface area contributed by atoms with Crippen LogP contribution in [0.3, 0.4) is 0 Å². The average molecular weight is 408 g/mol. The number of aliphatic carboxylic acids is 1. The first kappa shape index (κ1) is 23.7. The normalized spacial score (nSPS) is 12.9. The molecule has 0 aliphatic carbocycles. The van der Waals surface area contributed by atoms with Gasteiger partial charge in [0, 0.05) is 6.42 Å². The van der Waals surface area contributed by atoms with Crippen molar-refractivity contribution in [3.63, 3.8) is 0 Å². The number of hydrogen-bond acceptors (Lipinski definition) is 3. The van der Waals surface area contributed by atoms with E-state index in [4.69, 9.17) is 0 Å². The van der Waals surface area contributed by atoms with Crippen LogP contribution in [0.1, 0.15) is 87.4 Å². The summed E-state index contributed by atoms with van der Waals surface area (Å²) in [6.07, 6.45) is 2.23. The van der Waals surface area contributed by atoms with Crippen LogP contribution in [-0.2, 0) is 22.0 Å². The van der Waals surface area contributed by atoms with Crippen molar-refractivity contribution < 1.29 is 15.0 Å². The molecule has 0 heterocycles. The maximum atomic E-state index is 11.4. The van der Waals surface area contributed by atoms with Gasteiger partial charge in [0.15, 0.2) is 0 Å².